The molecule has 16 heteroatoms. The van der Waals surface area contributed by atoms with Crippen LogP contribution in [-0.4, -0.2) is 90.0 Å². The van der Waals surface area contributed by atoms with E-state index in [0.29, 0.717) is 24.0 Å². The number of carbonyl (C=O) groups is 4. The molecule has 2 amide bonds. The quantitative estimate of drug-likeness (QED) is 0.225. The third-order valence-electron chi connectivity index (χ3n) is 10.9. The molecule has 7 rings (SSSR count). The van der Waals surface area contributed by atoms with E-state index in [9.17, 15) is 19.8 Å². The number of rotatable bonds is 10. The van der Waals surface area contributed by atoms with Crippen LogP contribution in [0.5, 0.6) is 0 Å². The number of amides is 2. The number of hydrogen-bond donors (Lipinski definition) is 2. The van der Waals surface area contributed by atoms with E-state index in [4.69, 9.17) is 18.9 Å². The van der Waals surface area contributed by atoms with Crippen molar-refractivity contribution in [3.05, 3.63) is 48.3 Å². The second-order valence-electron chi connectivity index (χ2n) is 13.9. The van der Waals surface area contributed by atoms with Crippen LogP contribution < -0.4 is 0 Å². The summed E-state index contributed by atoms with van der Waals surface area (Å²) in [6, 6.07) is -1.69. The number of piperazine rings is 1. The van der Waals surface area contributed by atoms with Crippen LogP contribution in [0.2, 0.25) is 0 Å². The largest absolute Gasteiger partial charge is 0.473 e. The maximum atomic E-state index is 15.2. The molecule has 0 aromatic rings. The molecule has 5 saturated heterocycles. The molecule has 7 heterocycles. The lowest BCUT2D eigenvalue weighted by atomic mass is 9.91. The highest BCUT2D eigenvalue weighted by Crippen LogP contribution is 2.69. The molecular weight excluding hydrogens is 725 g/mol. The molecule has 2 N–H and O–H groups in total. The second kappa shape index (κ2) is 14.6. The van der Waals surface area contributed by atoms with E-state index in [-0.39, 0.29) is 36.5 Å². The summed E-state index contributed by atoms with van der Waals surface area (Å²) in [5, 5.41) is 21.6. The first kappa shape index (κ1) is 37.5. The van der Waals surface area contributed by atoms with Crippen LogP contribution >= 0.6 is 41.2 Å². The Bertz CT molecular complexity index is 1410. The third-order valence-corrected chi connectivity index (χ3v) is 18.2. The molecule has 2 spiro atoms. The number of nitrogens with zero attached hydrogens (tertiary/aromatic N) is 2. The molecule has 12 nitrogen and oxygen atoms in total. The standard InChI is InChI=1S/C34H44N2O10S4/c1-7-17(3)27(37)19(5)29(39)45-23-9-11-43-15-21-13-33-32(42)36-26-22(14-34(36,48-50-49-47-33)31(41)35(33)25(21)23)16-44-12-10-24(26)46-30(40)20(6)28(38)18(4)8-2/h9-12,15-20,23-28,37-38H,7-8,13-14H2,1-6H3/t17?,18?,19?,20?,23-,24?,25-,26-,27?,28?,33+,34+/m0/s1. The van der Waals surface area contributed by atoms with E-state index < -0.39 is 70.0 Å². The molecule has 274 valence electrons. The summed E-state index contributed by atoms with van der Waals surface area (Å²) in [5.74, 6) is -3.84. The predicted molar refractivity (Wildman–Crippen MR) is 192 cm³/mol. The number of aliphatic hydroxyl groups excluding tert-OH is 2. The van der Waals surface area contributed by atoms with E-state index in [1.165, 1.54) is 66.3 Å². The van der Waals surface area contributed by atoms with Crippen molar-refractivity contribution in [1.82, 2.24) is 9.80 Å². The zero-order valence-corrected chi connectivity index (χ0v) is 32.0. The molecule has 2 bridgehead atoms. The molecule has 0 aromatic heterocycles. The number of esters is 2. The Morgan fingerprint density at radius 1 is 0.780 bits per heavy atom. The molecule has 12 atom stereocenters. The Morgan fingerprint density at radius 2 is 1.16 bits per heavy atom. The molecule has 0 radical (unpaired) electrons. The molecule has 7 aliphatic heterocycles. The van der Waals surface area contributed by atoms with Gasteiger partial charge in [-0.15, -0.1) is 0 Å². The molecule has 0 saturated carbocycles. The van der Waals surface area contributed by atoms with E-state index >= 15 is 9.59 Å². The van der Waals surface area contributed by atoms with Crippen molar-refractivity contribution in [2.45, 2.75) is 113 Å². The van der Waals surface area contributed by atoms with Crippen LogP contribution in [0.1, 0.15) is 67.2 Å². The average Bonchev–Trinajstić information content (AvgIpc) is 3.46. The Labute approximate surface area is 307 Å². The van der Waals surface area contributed by atoms with E-state index in [1.54, 1.807) is 35.8 Å². The van der Waals surface area contributed by atoms with Gasteiger partial charge in [-0.05, 0) is 90.2 Å². The number of fused-ring (bicyclic) bond motifs is 5. The summed E-state index contributed by atoms with van der Waals surface area (Å²) in [6.07, 6.45) is 6.72. The lowest BCUT2D eigenvalue weighted by Crippen LogP contribution is -2.74. The van der Waals surface area contributed by atoms with Gasteiger partial charge in [-0.3, -0.25) is 19.2 Å². The first-order valence-electron chi connectivity index (χ1n) is 17.0. The molecular formula is C34H44N2O10S4. The highest BCUT2D eigenvalue weighted by Gasteiger charge is 2.75. The number of hydrogen-bond acceptors (Lipinski definition) is 14. The number of aliphatic hydroxyl groups is 2. The van der Waals surface area contributed by atoms with Gasteiger partial charge in [0.15, 0.2) is 9.74 Å². The van der Waals surface area contributed by atoms with Crippen LogP contribution in [0, 0.1) is 23.7 Å². The minimum Gasteiger partial charge on any atom is -0.473 e. The lowest BCUT2D eigenvalue weighted by molar-refractivity contribution is -0.174. The molecule has 7 aliphatic rings. The van der Waals surface area contributed by atoms with Crippen molar-refractivity contribution in [3.63, 3.8) is 0 Å². The summed E-state index contributed by atoms with van der Waals surface area (Å²) >= 11 is 0. The summed E-state index contributed by atoms with van der Waals surface area (Å²) in [4.78, 5) is 57.6. The minimum absolute atomic E-state index is 0.110. The lowest BCUT2D eigenvalue weighted by Gasteiger charge is -2.55. The van der Waals surface area contributed by atoms with Gasteiger partial charge in [-0.1, -0.05) is 40.5 Å². The van der Waals surface area contributed by atoms with Crippen LogP contribution in [0.25, 0.3) is 0 Å². The average molecular weight is 769 g/mol. The Balaban J connectivity index is 1.35. The van der Waals surface area contributed by atoms with Crippen LogP contribution in [0.15, 0.2) is 48.3 Å². The summed E-state index contributed by atoms with van der Waals surface area (Å²) < 4.78 is 23.4. The van der Waals surface area contributed by atoms with Crippen LogP contribution in [-0.2, 0) is 38.1 Å². The summed E-state index contributed by atoms with van der Waals surface area (Å²) in [5.41, 5.74) is 1.23. The smallest absolute Gasteiger partial charge is 0.311 e. The van der Waals surface area contributed by atoms with Crippen molar-refractivity contribution in [2.75, 3.05) is 0 Å². The topological polar surface area (TPSA) is 152 Å². The van der Waals surface area contributed by atoms with Crippen molar-refractivity contribution >= 4 is 65.0 Å². The zero-order valence-electron chi connectivity index (χ0n) is 28.8. The maximum Gasteiger partial charge on any atom is 0.311 e. The van der Waals surface area contributed by atoms with Gasteiger partial charge in [-0.25, -0.2) is 0 Å². The first-order valence-corrected chi connectivity index (χ1v) is 21.8. The Morgan fingerprint density at radius 3 is 1.52 bits per heavy atom. The van der Waals surface area contributed by atoms with Gasteiger partial charge in [0.2, 0.25) is 0 Å². The van der Waals surface area contributed by atoms with Crippen molar-refractivity contribution in [3.8, 4) is 0 Å². The van der Waals surface area contributed by atoms with Gasteiger partial charge < -0.3 is 39.0 Å². The predicted octanol–water partition coefficient (Wildman–Crippen LogP) is 5.05. The van der Waals surface area contributed by atoms with Gasteiger partial charge in [0.25, 0.3) is 11.8 Å². The fourth-order valence-corrected chi connectivity index (χ4v) is 15.2. The highest BCUT2D eigenvalue weighted by atomic mass is 33.7. The normalized spacial score (nSPS) is 34.7. The highest BCUT2D eigenvalue weighted by molar-refractivity contribution is 9.26. The summed E-state index contributed by atoms with van der Waals surface area (Å²) in [7, 11) is 5.32. The molecule has 50 heavy (non-hydrogen) atoms. The van der Waals surface area contributed by atoms with Crippen molar-refractivity contribution < 1.29 is 48.3 Å². The third kappa shape index (κ3) is 6.08. The Hall–Kier alpha value is -2.24. The fourth-order valence-electron chi connectivity index (χ4n) is 7.46. The van der Waals surface area contributed by atoms with Gasteiger partial charge in [-0.2, -0.15) is 0 Å². The zero-order chi connectivity index (χ0) is 36.1. The van der Waals surface area contributed by atoms with Crippen LogP contribution in [0.3, 0.4) is 0 Å². The first-order chi connectivity index (χ1) is 23.8. The fraction of sp³-hybridized carbons (Fsp3) is 0.647. The van der Waals surface area contributed by atoms with Gasteiger partial charge in [0, 0.05) is 12.8 Å². The minimum atomic E-state index is -1.43. The van der Waals surface area contributed by atoms with E-state index in [2.05, 4.69) is 0 Å². The van der Waals surface area contributed by atoms with E-state index in [1.807, 2.05) is 27.7 Å². The molecule has 5 fully saturated rings. The van der Waals surface area contributed by atoms with Crippen LogP contribution in [0.4, 0.5) is 0 Å². The van der Waals surface area contributed by atoms with Gasteiger partial charge in [0.1, 0.15) is 12.2 Å². The van der Waals surface area contributed by atoms with Gasteiger partial charge in [0.05, 0.1) is 61.2 Å². The SMILES string of the molecule is CCC(C)C(O)C(C)C(=O)OC1C=COC=C2C[C@@]34SSSS[C@]5(CC6=COC=C[C@H](OC(=O)C(C)C(O)C(C)CC)[C@H]6N5C3=O)C(=O)N4[C@@H]21. The van der Waals surface area contributed by atoms with Gasteiger partial charge >= 0.3 is 11.9 Å². The number of ether oxygens (including phenoxy) is 4. The molecule has 7 unspecified atom stereocenters. The monoisotopic (exact) mass is 768 g/mol. The molecule has 0 aliphatic carbocycles. The Kier molecular flexibility index (Phi) is 11.0. The van der Waals surface area contributed by atoms with Crippen molar-refractivity contribution in [1.29, 1.82) is 0 Å². The maximum absolute atomic E-state index is 15.2. The number of carbonyl (C=O) groups excluding carboxylic acids is 4. The summed E-state index contributed by atoms with van der Waals surface area (Å²) in [6.45, 7) is 10.8. The second-order valence-corrected chi connectivity index (χ2v) is 20.1. The molecule has 0 aromatic carbocycles. The van der Waals surface area contributed by atoms with Crippen molar-refractivity contribution in [2.24, 2.45) is 23.7 Å². The van der Waals surface area contributed by atoms with E-state index in [0.717, 1.165) is 0 Å².